The molecule has 1 aliphatic rings. The zero-order valence-corrected chi connectivity index (χ0v) is 21.9. The van der Waals surface area contributed by atoms with E-state index in [1.165, 1.54) is 7.11 Å². The van der Waals surface area contributed by atoms with Crippen LogP contribution in [0.1, 0.15) is 38.3 Å². The van der Waals surface area contributed by atoms with E-state index >= 15 is 0 Å². The summed E-state index contributed by atoms with van der Waals surface area (Å²) in [5.74, 6) is 1.58. The number of methoxy groups -OCH3 is 2. The molecule has 0 saturated heterocycles. The van der Waals surface area contributed by atoms with Gasteiger partial charge in [-0.2, -0.15) is 0 Å². The van der Waals surface area contributed by atoms with Gasteiger partial charge in [-0.25, -0.2) is 9.59 Å². The van der Waals surface area contributed by atoms with Gasteiger partial charge in [-0.1, -0.05) is 36.4 Å². The highest BCUT2D eigenvalue weighted by Crippen LogP contribution is 2.37. The van der Waals surface area contributed by atoms with E-state index in [9.17, 15) is 9.59 Å². The number of rotatable bonds is 6. The van der Waals surface area contributed by atoms with Crippen molar-refractivity contribution in [3.63, 3.8) is 0 Å². The molecule has 1 atom stereocenters. The fourth-order valence-electron chi connectivity index (χ4n) is 4.57. The van der Waals surface area contributed by atoms with Crippen molar-refractivity contribution in [3.8, 4) is 28.4 Å². The predicted molar refractivity (Wildman–Crippen MR) is 141 cm³/mol. The fraction of sp³-hybridized carbons (Fsp3) is 0.333. The number of para-hydroxylation sites is 1. The van der Waals surface area contributed by atoms with Gasteiger partial charge in [0.2, 0.25) is 0 Å². The lowest BCUT2D eigenvalue weighted by Crippen LogP contribution is -2.59. The Hall–Kier alpha value is -4.00. The van der Waals surface area contributed by atoms with Crippen LogP contribution in [0.5, 0.6) is 17.2 Å². The number of fused-ring (bicyclic) bond motifs is 1. The Labute approximate surface area is 217 Å². The van der Waals surface area contributed by atoms with Gasteiger partial charge in [0.25, 0.3) is 0 Å². The first-order valence-corrected chi connectivity index (χ1v) is 12.3. The molecule has 0 fully saturated rings. The minimum Gasteiger partial charge on any atom is -0.497 e. The standard InChI is InChI=1S/C30H33NO6/c1-29(2,3)37-28(33)31-30(27(32)35-5)16-15-20-13-14-24(18-22(20)19-30)36-26-12-7-6-11-25(26)21-9-8-10-23(17-21)34-4/h6-14,17-18H,15-16,19H2,1-5H3,(H,31,33). The summed E-state index contributed by atoms with van der Waals surface area (Å²) in [4.78, 5) is 25.5. The number of carbonyl (C=O) groups excluding carboxylic acids is 2. The van der Waals surface area contributed by atoms with Crippen molar-refractivity contribution in [2.75, 3.05) is 14.2 Å². The summed E-state index contributed by atoms with van der Waals surface area (Å²) in [6.45, 7) is 5.33. The number of alkyl carbamates (subject to hydrolysis) is 1. The summed E-state index contributed by atoms with van der Waals surface area (Å²) in [6.07, 6.45) is 0.621. The molecule has 0 spiro atoms. The third-order valence-corrected chi connectivity index (χ3v) is 6.30. The number of nitrogens with one attached hydrogen (secondary N) is 1. The molecular weight excluding hydrogens is 470 g/mol. The minimum absolute atomic E-state index is 0.267. The Morgan fingerprint density at radius 1 is 0.892 bits per heavy atom. The molecule has 0 saturated carbocycles. The van der Waals surface area contributed by atoms with Crippen LogP contribution in [0.15, 0.2) is 66.7 Å². The second-order valence-corrected chi connectivity index (χ2v) is 10.1. The molecule has 0 aromatic heterocycles. The number of carbonyl (C=O) groups is 2. The minimum atomic E-state index is -1.22. The van der Waals surface area contributed by atoms with Crippen molar-refractivity contribution in [1.82, 2.24) is 5.32 Å². The number of esters is 1. The fourth-order valence-corrected chi connectivity index (χ4v) is 4.57. The lowest BCUT2D eigenvalue weighted by molar-refractivity contribution is -0.149. The van der Waals surface area contributed by atoms with Crippen LogP contribution < -0.4 is 14.8 Å². The molecule has 0 heterocycles. The number of benzene rings is 3. The molecule has 7 nitrogen and oxygen atoms in total. The van der Waals surface area contributed by atoms with Crippen molar-refractivity contribution in [1.29, 1.82) is 0 Å². The molecule has 37 heavy (non-hydrogen) atoms. The molecule has 3 aromatic rings. The Morgan fingerprint density at radius 3 is 2.41 bits per heavy atom. The maximum atomic E-state index is 12.9. The smallest absolute Gasteiger partial charge is 0.408 e. The first-order valence-electron chi connectivity index (χ1n) is 12.3. The zero-order chi connectivity index (χ0) is 26.6. The predicted octanol–water partition coefficient (Wildman–Crippen LogP) is 6.08. The van der Waals surface area contributed by atoms with Crippen LogP contribution in [-0.4, -0.2) is 37.4 Å². The molecule has 194 valence electrons. The van der Waals surface area contributed by atoms with Crippen LogP contribution >= 0.6 is 0 Å². The van der Waals surface area contributed by atoms with Gasteiger partial charge in [0.05, 0.1) is 14.2 Å². The van der Waals surface area contributed by atoms with Gasteiger partial charge in [-0.15, -0.1) is 0 Å². The summed E-state index contributed by atoms with van der Waals surface area (Å²) >= 11 is 0. The first kappa shape index (κ1) is 26.1. The molecule has 1 aliphatic carbocycles. The topological polar surface area (TPSA) is 83.1 Å². The number of ether oxygens (including phenoxy) is 4. The molecule has 3 aromatic carbocycles. The summed E-state index contributed by atoms with van der Waals surface area (Å²) < 4.78 is 22.2. The van der Waals surface area contributed by atoms with Crippen molar-refractivity contribution in [2.24, 2.45) is 0 Å². The van der Waals surface area contributed by atoms with Gasteiger partial charge in [0.15, 0.2) is 0 Å². The molecule has 0 bridgehead atoms. The van der Waals surface area contributed by atoms with E-state index < -0.39 is 23.2 Å². The maximum Gasteiger partial charge on any atom is 0.408 e. The van der Waals surface area contributed by atoms with Crippen LogP contribution in [-0.2, 0) is 27.1 Å². The molecule has 0 radical (unpaired) electrons. The Balaban J connectivity index is 1.62. The number of hydrogen-bond acceptors (Lipinski definition) is 6. The van der Waals surface area contributed by atoms with Crippen LogP contribution in [0.2, 0.25) is 0 Å². The van der Waals surface area contributed by atoms with E-state index in [-0.39, 0.29) is 6.42 Å². The van der Waals surface area contributed by atoms with Crippen LogP contribution in [0, 0.1) is 0 Å². The Morgan fingerprint density at radius 2 is 1.68 bits per heavy atom. The number of amides is 1. The quantitative estimate of drug-likeness (QED) is 0.411. The van der Waals surface area contributed by atoms with Gasteiger partial charge < -0.3 is 24.3 Å². The molecule has 1 N–H and O–H groups in total. The third-order valence-electron chi connectivity index (χ3n) is 6.30. The highest BCUT2D eigenvalue weighted by atomic mass is 16.6. The van der Waals surface area contributed by atoms with E-state index in [0.717, 1.165) is 28.0 Å². The van der Waals surface area contributed by atoms with Gasteiger partial charge in [0, 0.05) is 12.0 Å². The summed E-state index contributed by atoms with van der Waals surface area (Å²) in [7, 11) is 2.96. The Bertz CT molecular complexity index is 1300. The Kier molecular flexibility index (Phi) is 7.43. The molecule has 0 aliphatic heterocycles. The normalized spacial score (nSPS) is 16.8. The van der Waals surface area contributed by atoms with Crippen LogP contribution in [0.3, 0.4) is 0 Å². The lowest BCUT2D eigenvalue weighted by Gasteiger charge is -2.36. The van der Waals surface area contributed by atoms with Gasteiger partial charge in [-0.3, -0.25) is 0 Å². The summed E-state index contributed by atoms with van der Waals surface area (Å²) in [6, 6.07) is 21.4. The van der Waals surface area contributed by atoms with E-state index in [4.69, 9.17) is 18.9 Å². The average Bonchev–Trinajstić information content (AvgIpc) is 2.87. The zero-order valence-electron chi connectivity index (χ0n) is 21.9. The highest BCUT2D eigenvalue weighted by Gasteiger charge is 2.45. The monoisotopic (exact) mass is 503 g/mol. The summed E-state index contributed by atoms with van der Waals surface area (Å²) in [5, 5.41) is 2.80. The maximum absolute atomic E-state index is 12.9. The van der Waals surface area contributed by atoms with Crippen LogP contribution in [0.25, 0.3) is 11.1 Å². The number of aryl methyl sites for hydroxylation is 1. The molecule has 7 heteroatoms. The van der Waals surface area contributed by atoms with Crippen LogP contribution in [0.4, 0.5) is 4.79 Å². The van der Waals surface area contributed by atoms with Gasteiger partial charge >= 0.3 is 12.1 Å². The molecular formula is C30H33NO6. The van der Waals surface area contributed by atoms with Gasteiger partial charge in [0.1, 0.15) is 28.4 Å². The van der Waals surface area contributed by atoms with Gasteiger partial charge in [-0.05, 0) is 80.6 Å². The third kappa shape index (κ3) is 6.05. The van der Waals surface area contributed by atoms with E-state index in [0.29, 0.717) is 24.3 Å². The summed E-state index contributed by atoms with van der Waals surface area (Å²) in [5.41, 5.74) is 1.99. The largest absolute Gasteiger partial charge is 0.497 e. The second kappa shape index (κ2) is 10.5. The molecule has 4 rings (SSSR count). The highest BCUT2D eigenvalue weighted by molar-refractivity contribution is 5.86. The first-order chi connectivity index (χ1) is 17.6. The lowest BCUT2D eigenvalue weighted by atomic mass is 9.78. The van der Waals surface area contributed by atoms with Crippen molar-refractivity contribution in [2.45, 2.75) is 51.2 Å². The average molecular weight is 504 g/mol. The van der Waals surface area contributed by atoms with E-state index in [1.807, 2.05) is 66.7 Å². The van der Waals surface area contributed by atoms with Crippen molar-refractivity contribution < 1.29 is 28.5 Å². The molecule has 1 unspecified atom stereocenters. The van der Waals surface area contributed by atoms with Crippen molar-refractivity contribution in [3.05, 3.63) is 77.9 Å². The number of hydrogen-bond donors (Lipinski definition) is 1. The van der Waals surface area contributed by atoms with Crippen molar-refractivity contribution >= 4 is 12.1 Å². The SMILES string of the molecule is COC(=O)C1(NC(=O)OC(C)(C)C)CCc2ccc(Oc3ccccc3-c3cccc(OC)c3)cc2C1. The molecule has 1 amide bonds. The van der Waals surface area contributed by atoms with E-state index in [1.54, 1.807) is 27.9 Å². The second-order valence-electron chi connectivity index (χ2n) is 10.1. The van der Waals surface area contributed by atoms with E-state index in [2.05, 4.69) is 5.32 Å².